The largest absolute Gasteiger partial charge is 0.352 e. The van der Waals surface area contributed by atoms with Crippen LogP contribution in [0.3, 0.4) is 0 Å². The maximum absolute atomic E-state index is 12.2. The van der Waals surface area contributed by atoms with Crippen molar-refractivity contribution in [1.82, 2.24) is 35.1 Å². The van der Waals surface area contributed by atoms with Gasteiger partial charge in [0.05, 0.1) is 46.2 Å². The number of rotatable bonds is 6. The molecule has 182 valence electrons. The highest BCUT2D eigenvalue weighted by molar-refractivity contribution is 5.99. The van der Waals surface area contributed by atoms with Crippen molar-refractivity contribution in [2.24, 2.45) is 5.92 Å². The number of carbonyl (C=O) groups excluding carboxylic acids is 1. The fourth-order valence-corrected chi connectivity index (χ4v) is 4.38. The van der Waals surface area contributed by atoms with Crippen molar-refractivity contribution in [1.29, 1.82) is 0 Å². The topological polar surface area (TPSA) is 125 Å². The van der Waals surface area contributed by atoms with Gasteiger partial charge in [-0.25, -0.2) is 4.98 Å². The van der Waals surface area contributed by atoms with E-state index in [0.717, 1.165) is 50.1 Å². The highest BCUT2D eigenvalue weighted by atomic mass is 16.1. The first kappa shape index (κ1) is 22.5. The van der Waals surface area contributed by atoms with Crippen molar-refractivity contribution in [2.45, 2.75) is 20.3 Å². The molecule has 9 nitrogen and oxygen atoms in total. The van der Waals surface area contributed by atoms with E-state index in [2.05, 4.69) is 41.5 Å². The number of H-pyrrole nitrogens is 2. The zero-order valence-electron chi connectivity index (χ0n) is 20.4. The Morgan fingerprint density at radius 3 is 2.70 bits per heavy atom. The Hall–Kier alpha value is -4.92. The lowest BCUT2D eigenvalue weighted by Gasteiger charge is -2.08. The van der Waals surface area contributed by atoms with Crippen LogP contribution in [-0.4, -0.2) is 41.0 Å². The van der Waals surface area contributed by atoms with Crippen LogP contribution in [-0.2, 0) is 4.79 Å². The van der Waals surface area contributed by atoms with E-state index in [4.69, 9.17) is 4.98 Å². The Labute approximate surface area is 212 Å². The van der Waals surface area contributed by atoms with E-state index in [1.54, 1.807) is 24.8 Å². The summed E-state index contributed by atoms with van der Waals surface area (Å²) in [5, 5.41) is 11.6. The Balaban J connectivity index is 1.38. The molecule has 6 aromatic heterocycles. The number of pyridine rings is 4. The number of anilines is 1. The van der Waals surface area contributed by atoms with Gasteiger partial charge in [0.25, 0.3) is 0 Å². The fraction of sp³-hybridized carbons (Fsp3) is 0.143. The molecule has 6 rings (SSSR count). The fourth-order valence-electron chi connectivity index (χ4n) is 4.38. The first-order chi connectivity index (χ1) is 18.0. The van der Waals surface area contributed by atoms with Crippen LogP contribution in [0, 0.1) is 5.92 Å². The SMILES string of the molecule is CC(C)CC(=O)Nc1cncc(-c2ccc3[nH]nc(-c4cc5c(-c6ccccn6)cncc5[nH]4)c3n2)c1. The minimum Gasteiger partial charge on any atom is -0.352 e. The summed E-state index contributed by atoms with van der Waals surface area (Å²) in [6.45, 7) is 4.03. The lowest BCUT2D eigenvalue weighted by Crippen LogP contribution is -2.13. The van der Waals surface area contributed by atoms with Crippen molar-refractivity contribution in [3.63, 3.8) is 0 Å². The summed E-state index contributed by atoms with van der Waals surface area (Å²) < 4.78 is 0. The normalized spacial score (nSPS) is 11.4. The predicted octanol–water partition coefficient (Wildman–Crippen LogP) is 5.61. The molecule has 0 spiro atoms. The number of nitrogens with one attached hydrogen (secondary N) is 3. The molecular formula is C28H24N8O. The predicted molar refractivity (Wildman–Crippen MR) is 144 cm³/mol. The molecule has 0 bridgehead atoms. The van der Waals surface area contributed by atoms with Gasteiger partial charge in [0, 0.05) is 41.5 Å². The Morgan fingerprint density at radius 2 is 1.86 bits per heavy atom. The maximum Gasteiger partial charge on any atom is 0.224 e. The molecule has 0 radical (unpaired) electrons. The number of nitrogens with zero attached hydrogens (tertiary/aromatic N) is 5. The average molecular weight is 489 g/mol. The summed E-state index contributed by atoms with van der Waals surface area (Å²) in [7, 11) is 0. The quantitative estimate of drug-likeness (QED) is 0.280. The Morgan fingerprint density at radius 1 is 0.973 bits per heavy atom. The molecule has 0 saturated heterocycles. The third kappa shape index (κ3) is 4.42. The molecule has 6 aromatic rings. The number of amides is 1. The van der Waals surface area contributed by atoms with Gasteiger partial charge in [0.1, 0.15) is 11.2 Å². The number of aromatic nitrogens is 7. The van der Waals surface area contributed by atoms with E-state index in [-0.39, 0.29) is 11.8 Å². The van der Waals surface area contributed by atoms with Gasteiger partial charge in [-0.1, -0.05) is 19.9 Å². The number of aromatic amines is 2. The minimum absolute atomic E-state index is 0.0344. The standard InChI is InChI=1S/C28H24N8O/c1-16(2)9-26(37)32-18-10-17(12-29-13-18)21-6-7-23-27(34-21)28(36-35-23)24-11-19-20(14-30-15-25(19)33-24)22-5-3-4-8-31-22/h3-8,10-16,33H,9H2,1-2H3,(H,32,37)(H,35,36). The first-order valence-corrected chi connectivity index (χ1v) is 12.0. The van der Waals surface area contributed by atoms with Crippen molar-refractivity contribution >= 4 is 33.5 Å². The number of hydrogen-bond donors (Lipinski definition) is 3. The molecule has 0 aromatic carbocycles. The van der Waals surface area contributed by atoms with Crippen molar-refractivity contribution in [3.8, 4) is 33.9 Å². The molecule has 0 atom stereocenters. The number of fused-ring (bicyclic) bond motifs is 2. The molecule has 0 aliphatic carbocycles. The van der Waals surface area contributed by atoms with E-state index in [1.807, 2.05) is 56.4 Å². The average Bonchev–Trinajstić information content (AvgIpc) is 3.52. The number of hydrogen-bond acceptors (Lipinski definition) is 6. The summed E-state index contributed by atoms with van der Waals surface area (Å²) in [6.07, 6.45) is 9.22. The van der Waals surface area contributed by atoms with Gasteiger partial charge in [-0.15, -0.1) is 0 Å². The highest BCUT2D eigenvalue weighted by Gasteiger charge is 2.16. The van der Waals surface area contributed by atoms with Gasteiger partial charge in [-0.05, 0) is 42.3 Å². The Bertz CT molecular complexity index is 1740. The molecule has 1 amide bonds. The molecule has 9 heteroatoms. The van der Waals surface area contributed by atoms with Crippen LogP contribution in [0.4, 0.5) is 5.69 Å². The zero-order chi connectivity index (χ0) is 25.4. The summed E-state index contributed by atoms with van der Waals surface area (Å²) in [4.78, 5) is 33.8. The first-order valence-electron chi connectivity index (χ1n) is 12.0. The molecule has 3 N–H and O–H groups in total. The monoisotopic (exact) mass is 488 g/mol. The highest BCUT2D eigenvalue weighted by Crippen LogP contribution is 2.33. The minimum atomic E-state index is -0.0344. The molecule has 0 aliphatic rings. The molecule has 0 aliphatic heterocycles. The molecule has 6 heterocycles. The molecule has 0 saturated carbocycles. The van der Waals surface area contributed by atoms with Crippen LogP contribution in [0.2, 0.25) is 0 Å². The summed E-state index contributed by atoms with van der Waals surface area (Å²) >= 11 is 0. The van der Waals surface area contributed by atoms with Crippen molar-refractivity contribution in [2.75, 3.05) is 5.32 Å². The second kappa shape index (κ2) is 9.27. The second-order valence-electron chi connectivity index (χ2n) is 9.32. The van der Waals surface area contributed by atoms with E-state index >= 15 is 0 Å². The van der Waals surface area contributed by atoms with Gasteiger partial charge in [-0.2, -0.15) is 5.10 Å². The van der Waals surface area contributed by atoms with Crippen LogP contribution >= 0.6 is 0 Å². The summed E-state index contributed by atoms with van der Waals surface area (Å²) in [5.41, 5.74) is 7.92. The molecule has 0 fully saturated rings. The summed E-state index contributed by atoms with van der Waals surface area (Å²) in [6, 6.07) is 13.6. The van der Waals surface area contributed by atoms with Gasteiger partial charge in [0.15, 0.2) is 0 Å². The molecule has 0 unspecified atom stereocenters. The van der Waals surface area contributed by atoms with E-state index < -0.39 is 0 Å². The van der Waals surface area contributed by atoms with Gasteiger partial charge < -0.3 is 10.3 Å². The van der Waals surface area contributed by atoms with Crippen LogP contribution in [0.1, 0.15) is 20.3 Å². The third-order valence-corrected chi connectivity index (χ3v) is 6.06. The van der Waals surface area contributed by atoms with E-state index in [9.17, 15) is 4.79 Å². The van der Waals surface area contributed by atoms with Crippen molar-refractivity contribution < 1.29 is 4.79 Å². The lowest BCUT2D eigenvalue weighted by molar-refractivity contribution is -0.116. The molecule has 37 heavy (non-hydrogen) atoms. The third-order valence-electron chi connectivity index (χ3n) is 6.06. The van der Waals surface area contributed by atoms with Gasteiger partial charge in [0.2, 0.25) is 5.91 Å². The smallest absolute Gasteiger partial charge is 0.224 e. The van der Waals surface area contributed by atoms with Gasteiger partial charge in [-0.3, -0.25) is 24.8 Å². The van der Waals surface area contributed by atoms with Gasteiger partial charge >= 0.3 is 0 Å². The van der Waals surface area contributed by atoms with Crippen LogP contribution in [0.25, 0.3) is 55.8 Å². The van der Waals surface area contributed by atoms with Crippen LogP contribution < -0.4 is 5.32 Å². The number of carbonyl (C=O) groups is 1. The maximum atomic E-state index is 12.2. The van der Waals surface area contributed by atoms with E-state index in [0.29, 0.717) is 17.8 Å². The van der Waals surface area contributed by atoms with E-state index in [1.165, 1.54) is 0 Å². The van der Waals surface area contributed by atoms with Crippen LogP contribution in [0.5, 0.6) is 0 Å². The van der Waals surface area contributed by atoms with Crippen LogP contribution in [0.15, 0.2) is 73.4 Å². The van der Waals surface area contributed by atoms with Crippen molar-refractivity contribution in [3.05, 3.63) is 73.4 Å². The zero-order valence-corrected chi connectivity index (χ0v) is 20.4. The molecular weight excluding hydrogens is 464 g/mol. The summed E-state index contributed by atoms with van der Waals surface area (Å²) in [5.74, 6) is 0.244. The second-order valence-corrected chi connectivity index (χ2v) is 9.32. The lowest BCUT2D eigenvalue weighted by atomic mass is 10.1. The Kier molecular flexibility index (Phi) is 5.65.